The molecule has 0 atom stereocenters. The van der Waals surface area contributed by atoms with Crippen LogP contribution in [0.15, 0.2) is 18.2 Å². The van der Waals surface area contributed by atoms with Gasteiger partial charge in [-0.3, -0.25) is 14.6 Å². The number of piperazine rings is 1. The quantitative estimate of drug-likeness (QED) is 0.414. The van der Waals surface area contributed by atoms with Gasteiger partial charge in [0.15, 0.2) is 0 Å². The Balaban J connectivity index is 0.00000229. The molecule has 1 aromatic carbocycles. The maximum absolute atomic E-state index is 12.6. The number of aliphatic carboxylic acids is 1. The van der Waals surface area contributed by atoms with Crippen LogP contribution in [0.2, 0.25) is 5.02 Å². The Labute approximate surface area is 222 Å². The lowest BCUT2D eigenvalue weighted by molar-refractivity contribution is -0.308. The number of carbonyl (C=O) groups excluding carboxylic acids is 1. The number of ether oxygens (including phenoxy) is 1. The van der Waals surface area contributed by atoms with Crippen molar-refractivity contribution < 1.29 is 54.2 Å². The zero-order valence-corrected chi connectivity index (χ0v) is 21.4. The zero-order valence-electron chi connectivity index (χ0n) is 19.9. The summed E-state index contributed by atoms with van der Waals surface area (Å²) in [6.07, 6.45) is -17.4. The zero-order chi connectivity index (χ0) is 29.1. The van der Waals surface area contributed by atoms with E-state index in [2.05, 4.69) is 10.1 Å². The summed E-state index contributed by atoms with van der Waals surface area (Å²) in [5.74, 6) is -0.952. The average molecular weight is 599 g/mol. The molecule has 0 unspecified atom stereocenters. The molecule has 1 saturated heterocycles. The highest BCUT2D eigenvalue weighted by molar-refractivity contribution is 7.51. The van der Waals surface area contributed by atoms with Crippen molar-refractivity contribution in [1.29, 1.82) is 0 Å². The van der Waals surface area contributed by atoms with E-state index in [9.17, 15) is 35.9 Å². The third-order valence-electron chi connectivity index (χ3n) is 5.12. The molecular weight excluding hydrogens is 574 g/mol. The third kappa shape index (κ3) is 11.8. The number of rotatable bonds is 9. The standard InChI is InChI=1S/C20H25ClF6N4O4.O2S/c1-29(12-16(32)33)5-4-28-15-10-14(21)3-2-13(15)11-30-6-8-31(9-7-30)18(34)35-17(19(22,23)24)20(25,26)27;1-3-2/h2-3,10,17,28H,4-9,11-12H2,1H3,(H,32,33);. The number of hydrogen-bond donors (Lipinski definition) is 2. The van der Waals surface area contributed by atoms with Crippen LogP contribution in [-0.4, -0.2) is 112 Å². The van der Waals surface area contributed by atoms with Crippen molar-refractivity contribution in [3.8, 4) is 0 Å². The van der Waals surface area contributed by atoms with Gasteiger partial charge in [0.2, 0.25) is 0 Å². The second kappa shape index (κ2) is 15.1. The summed E-state index contributed by atoms with van der Waals surface area (Å²) >= 11 is 5.32. The van der Waals surface area contributed by atoms with E-state index in [4.69, 9.17) is 25.1 Å². The summed E-state index contributed by atoms with van der Waals surface area (Å²) in [6, 6.07) is 5.13. The number of anilines is 1. The number of carboxylic acid groups (broad SMARTS) is 1. The molecule has 0 radical (unpaired) electrons. The fourth-order valence-corrected chi connectivity index (χ4v) is 3.54. The first-order valence-electron chi connectivity index (χ1n) is 10.7. The molecule has 0 bridgehead atoms. The van der Waals surface area contributed by atoms with E-state index in [0.717, 1.165) is 10.5 Å². The van der Waals surface area contributed by atoms with Gasteiger partial charge in [-0.25, -0.2) is 4.79 Å². The van der Waals surface area contributed by atoms with Crippen molar-refractivity contribution in [2.45, 2.75) is 25.0 Å². The predicted molar refractivity (Wildman–Crippen MR) is 123 cm³/mol. The molecule has 2 N–H and O–H groups in total. The molecule has 2 rings (SSSR count). The van der Waals surface area contributed by atoms with Crippen molar-refractivity contribution in [2.24, 2.45) is 0 Å². The third-order valence-corrected chi connectivity index (χ3v) is 5.36. The summed E-state index contributed by atoms with van der Waals surface area (Å²) in [5, 5.41) is 12.5. The Morgan fingerprint density at radius 2 is 1.68 bits per heavy atom. The number of carboxylic acids is 1. The van der Waals surface area contributed by atoms with Crippen LogP contribution in [0.4, 0.5) is 36.8 Å². The van der Waals surface area contributed by atoms with E-state index in [0.29, 0.717) is 30.3 Å². The molecule has 1 aliphatic heterocycles. The number of halogens is 7. The second-order valence-corrected chi connectivity index (χ2v) is 8.61. The SMILES string of the molecule is CN(CCNc1cc(Cl)ccc1CN1CCN(C(=O)OC(C(F)(F)F)C(F)(F)F)CC1)CC(=O)O.O=S=O. The molecule has 0 saturated carbocycles. The van der Waals surface area contributed by atoms with Crippen molar-refractivity contribution in [3.05, 3.63) is 28.8 Å². The van der Waals surface area contributed by atoms with Crippen LogP contribution < -0.4 is 5.32 Å². The van der Waals surface area contributed by atoms with Gasteiger partial charge >= 0.3 is 36.0 Å². The molecule has 1 amide bonds. The Hall–Kier alpha value is -2.63. The van der Waals surface area contributed by atoms with E-state index in [1.807, 2.05) is 4.90 Å². The molecule has 18 heteroatoms. The van der Waals surface area contributed by atoms with Gasteiger partial charge in [0, 0.05) is 56.5 Å². The normalized spacial score (nSPS) is 14.6. The average Bonchev–Trinajstić information content (AvgIpc) is 2.78. The molecule has 0 aromatic heterocycles. The van der Waals surface area contributed by atoms with Crippen molar-refractivity contribution >= 4 is 40.9 Å². The molecular formula is C20H25ClF6N4O6S. The van der Waals surface area contributed by atoms with Gasteiger partial charge < -0.3 is 20.1 Å². The van der Waals surface area contributed by atoms with Gasteiger partial charge in [-0.15, -0.1) is 0 Å². The molecule has 38 heavy (non-hydrogen) atoms. The highest BCUT2D eigenvalue weighted by Crippen LogP contribution is 2.36. The number of amides is 1. The van der Waals surface area contributed by atoms with Gasteiger partial charge in [0.25, 0.3) is 6.10 Å². The largest absolute Gasteiger partial charge is 0.480 e. The summed E-state index contributed by atoms with van der Waals surface area (Å²) in [5.41, 5.74) is 1.52. The van der Waals surface area contributed by atoms with Crippen LogP contribution in [0, 0.1) is 0 Å². The van der Waals surface area contributed by atoms with Crippen molar-refractivity contribution in [2.75, 3.05) is 58.2 Å². The topological polar surface area (TPSA) is 119 Å². The molecule has 0 spiro atoms. The van der Waals surface area contributed by atoms with Gasteiger partial charge in [0.05, 0.1) is 6.54 Å². The fourth-order valence-electron chi connectivity index (χ4n) is 3.37. The van der Waals surface area contributed by atoms with Crippen molar-refractivity contribution in [1.82, 2.24) is 14.7 Å². The number of nitrogens with one attached hydrogen (secondary N) is 1. The lowest BCUT2D eigenvalue weighted by Crippen LogP contribution is -2.52. The fraction of sp³-hybridized carbons (Fsp3) is 0.600. The highest BCUT2D eigenvalue weighted by atomic mass is 35.5. The van der Waals surface area contributed by atoms with Crippen LogP contribution in [0.5, 0.6) is 0 Å². The van der Waals surface area contributed by atoms with E-state index < -0.39 is 42.1 Å². The van der Waals surface area contributed by atoms with Crippen molar-refractivity contribution in [3.63, 3.8) is 0 Å². The maximum atomic E-state index is 12.6. The number of likely N-dealkylation sites (N-methyl/N-ethyl adjacent to an activating group) is 1. The molecule has 1 aliphatic rings. The van der Waals surface area contributed by atoms with E-state index in [-0.39, 0.29) is 32.7 Å². The minimum atomic E-state index is -5.77. The second-order valence-electron chi connectivity index (χ2n) is 8.04. The summed E-state index contributed by atoms with van der Waals surface area (Å²) in [7, 11) is 1.66. The van der Waals surface area contributed by atoms with Crippen LogP contribution in [0.1, 0.15) is 5.56 Å². The minimum absolute atomic E-state index is 0.113. The number of nitrogens with zero attached hydrogens (tertiary/aromatic N) is 3. The van der Waals surface area contributed by atoms with E-state index >= 15 is 0 Å². The molecule has 10 nitrogen and oxygen atoms in total. The molecule has 1 heterocycles. The number of carbonyl (C=O) groups is 2. The molecule has 216 valence electrons. The van der Waals surface area contributed by atoms with E-state index in [1.165, 1.54) is 0 Å². The Bertz CT molecular complexity index is 958. The van der Waals surface area contributed by atoms with Crippen LogP contribution in [0.25, 0.3) is 0 Å². The first-order chi connectivity index (χ1) is 17.6. The smallest absolute Gasteiger partial charge is 0.434 e. The molecule has 0 aliphatic carbocycles. The van der Waals surface area contributed by atoms with Gasteiger partial charge in [-0.1, -0.05) is 17.7 Å². The lowest BCUT2D eigenvalue weighted by Gasteiger charge is -2.35. The molecule has 1 fully saturated rings. The lowest BCUT2D eigenvalue weighted by atomic mass is 10.1. The van der Waals surface area contributed by atoms with Gasteiger partial charge in [-0.2, -0.15) is 34.8 Å². The van der Waals surface area contributed by atoms with Crippen LogP contribution >= 0.6 is 11.6 Å². The Kier molecular flexibility index (Phi) is 13.3. The summed E-state index contributed by atoms with van der Waals surface area (Å²) in [4.78, 5) is 27.0. The van der Waals surface area contributed by atoms with Crippen LogP contribution in [0.3, 0.4) is 0 Å². The highest BCUT2D eigenvalue weighted by Gasteiger charge is 2.60. The Morgan fingerprint density at radius 1 is 1.13 bits per heavy atom. The van der Waals surface area contributed by atoms with Gasteiger partial charge in [0.1, 0.15) is 0 Å². The van der Waals surface area contributed by atoms with Gasteiger partial charge in [-0.05, 0) is 24.7 Å². The van der Waals surface area contributed by atoms with E-state index in [1.54, 1.807) is 30.1 Å². The monoisotopic (exact) mass is 598 g/mol. The maximum Gasteiger partial charge on any atom is 0.434 e. The summed E-state index contributed by atoms with van der Waals surface area (Å²) < 4.78 is 96.1. The summed E-state index contributed by atoms with van der Waals surface area (Å²) in [6.45, 7) is 1.29. The predicted octanol–water partition coefficient (Wildman–Crippen LogP) is 2.85. The molecule has 1 aromatic rings. The first-order valence-corrected chi connectivity index (χ1v) is 11.8. The number of alkyl halides is 6. The van der Waals surface area contributed by atoms with Crippen LogP contribution in [-0.2, 0) is 27.6 Å². The Morgan fingerprint density at radius 3 is 2.18 bits per heavy atom. The minimum Gasteiger partial charge on any atom is -0.480 e. The first kappa shape index (κ1) is 33.4. The number of benzene rings is 1. The number of hydrogen-bond acceptors (Lipinski definition) is 8.